The largest absolute Gasteiger partial charge is 0.368 e. The monoisotopic (exact) mass is 330 g/mol. The molecule has 0 bridgehead atoms. The van der Waals surface area contributed by atoms with Gasteiger partial charge in [0.15, 0.2) is 0 Å². The SMILES string of the molecule is NCCCC(=NC(=O)Cc1ccccc1)C(=O)NC1(C(N)=O)CC1. The molecule has 1 aromatic carbocycles. The summed E-state index contributed by atoms with van der Waals surface area (Å²) in [6, 6.07) is 9.16. The maximum absolute atomic E-state index is 12.4. The van der Waals surface area contributed by atoms with E-state index in [1.165, 1.54) is 0 Å². The van der Waals surface area contributed by atoms with Crippen molar-refractivity contribution in [2.24, 2.45) is 16.5 Å². The second-order valence-corrected chi connectivity index (χ2v) is 5.91. The van der Waals surface area contributed by atoms with Gasteiger partial charge in [0.1, 0.15) is 11.3 Å². The molecule has 1 aliphatic rings. The van der Waals surface area contributed by atoms with Gasteiger partial charge in [-0.2, -0.15) is 0 Å². The van der Waals surface area contributed by atoms with Gasteiger partial charge < -0.3 is 16.8 Å². The Kier molecular flexibility index (Phi) is 5.81. The van der Waals surface area contributed by atoms with Gasteiger partial charge in [0.05, 0.1) is 6.42 Å². The number of nitrogens with two attached hydrogens (primary N) is 2. The van der Waals surface area contributed by atoms with Crippen molar-refractivity contribution in [3.05, 3.63) is 35.9 Å². The standard InChI is InChI=1S/C17H22N4O3/c18-10-4-7-13(15(23)21-17(8-9-17)16(19)24)20-14(22)11-12-5-2-1-3-6-12/h1-3,5-6H,4,7-11,18H2,(H2,19,24)(H,21,23). The number of nitrogens with one attached hydrogen (secondary N) is 1. The van der Waals surface area contributed by atoms with E-state index in [1.54, 1.807) is 0 Å². The van der Waals surface area contributed by atoms with E-state index < -0.39 is 23.3 Å². The second kappa shape index (κ2) is 7.83. The minimum absolute atomic E-state index is 0.0916. The van der Waals surface area contributed by atoms with E-state index in [4.69, 9.17) is 11.5 Å². The predicted molar refractivity (Wildman–Crippen MR) is 90.2 cm³/mol. The Morgan fingerprint density at radius 1 is 1.17 bits per heavy atom. The Hall–Kier alpha value is -2.54. The fraction of sp³-hybridized carbons (Fsp3) is 0.412. The van der Waals surface area contributed by atoms with E-state index >= 15 is 0 Å². The zero-order valence-electron chi connectivity index (χ0n) is 13.5. The van der Waals surface area contributed by atoms with E-state index in [2.05, 4.69) is 10.3 Å². The molecule has 1 fully saturated rings. The lowest BCUT2D eigenvalue weighted by atomic mass is 10.1. The van der Waals surface area contributed by atoms with E-state index in [9.17, 15) is 14.4 Å². The third-order valence-corrected chi connectivity index (χ3v) is 3.91. The maximum Gasteiger partial charge on any atom is 0.266 e. The summed E-state index contributed by atoms with van der Waals surface area (Å²) >= 11 is 0. The van der Waals surface area contributed by atoms with Gasteiger partial charge in [-0.3, -0.25) is 14.4 Å². The molecule has 0 radical (unpaired) electrons. The zero-order chi connectivity index (χ0) is 17.6. The van der Waals surface area contributed by atoms with Crippen LogP contribution >= 0.6 is 0 Å². The molecule has 0 atom stereocenters. The highest BCUT2D eigenvalue weighted by molar-refractivity contribution is 6.41. The molecule has 1 aromatic rings. The summed E-state index contributed by atoms with van der Waals surface area (Å²) in [6.45, 7) is 0.375. The number of nitrogens with zero attached hydrogens (tertiary/aromatic N) is 1. The van der Waals surface area contributed by atoms with Crippen LogP contribution in [0.4, 0.5) is 0 Å². The molecule has 1 saturated carbocycles. The molecule has 0 unspecified atom stereocenters. The summed E-state index contributed by atoms with van der Waals surface area (Å²) in [5.41, 5.74) is 10.7. The highest BCUT2D eigenvalue weighted by Crippen LogP contribution is 2.34. The molecule has 24 heavy (non-hydrogen) atoms. The van der Waals surface area contributed by atoms with Crippen molar-refractivity contribution >= 4 is 23.4 Å². The van der Waals surface area contributed by atoms with Crippen LogP contribution in [0.1, 0.15) is 31.2 Å². The first kappa shape index (κ1) is 17.8. The molecule has 0 heterocycles. The van der Waals surface area contributed by atoms with Gasteiger partial charge in [-0.1, -0.05) is 30.3 Å². The molecule has 2 rings (SSSR count). The quantitative estimate of drug-likeness (QED) is 0.583. The molecule has 0 saturated heterocycles. The Bertz CT molecular complexity index is 651. The van der Waals surface area contributed by atoms with E-state index in [0.717, 1.165) is 5.56 Å². The number of carbonyl (C=O) groups excluding carboxylic acids is 3. The van der Waals surface area contributed by atoms with Crippen LogP contribution < -0.4 is 16.8 Å². The van der Waals surface area contributed by atoms with Crippen LogP contribution in [0.5, 0.6) is 0 Å². The van der Waals surface area contributed by atoms with E-state index in [1.807, 2.05) is 30.3 Å². The molecule has 3 amide bonds. The van der Waals surface area contributed by atoms with Crippen molar-refractivity contribution in [2.45, 2.75) is 37.6 Å². The lowest BCUT2D eigenvalue weighted by Gasteiger charge is -2.14. The Morgan fingerprint density at radius 3 is 2.38 bits per heavy atom. The fourth-order valence-corrected chi connectivity index (χ4v) is 2.30. The molecule has 7 heteroatoms. The number of benzene rings is 1. The van der Waals surface area contributed by atoms with Crippen LogP contribution in [0.3, 0.4) is 0 Å². The third-order valence-electron chi connectivity index (χ3n) is 3.91. The summed E-state index contributed by atoms with van der Waals surface area (Å²) in [7, 11) is 0. The van der Waals surface area contributed by atoms with Crippen molar-refractivity contribution in [1.82, 2.24) is 5.32 Å². The minimum atomic E-state index is -0.983. The number of primary amides is 1. The van der Waals surface area contributed by atoms with Crippen molar-refractivity contribution in [3.8, 4) is 0 Å². The van der Waals surface area contributed by atoms with Gasteiger partial charge in [-0.25, -0.2) is 4.99 Å². The van der Waals surface area contributed by atoms with Crippen LogP contribution in [-0.2, 0) is 20.8 Å². The zero-order valence-corrected chi connectivity index (χ0v) is 13.5. The average molecular weight is 330 g/mol. The minimum Gasteiger partial charge on any atom is -0.368 e. The Labute approximate surface area is 140 Å². The van der Waals surface area contributed by atoms with Crippen LogP contribution in [0, 0.1) is 0 Å². The van der Waals surface area contributed by atoms with Gasteiger partial charge in [-0.05, 0) is 37.8 Å². The highest BCUT2D eigenvalue weighted by Gasteiger charge is 2.50. The Balaban J connectivity index is 2.07. The molecule has 128 valence electrons. The van der Waals surface area contributed by atoms with Gasteiger partial charge in [-0.15, -0.1) is 0 Å². The molecule has 7 nitrogen and oxygen atoms in total. The normalized spacial score (nSPS) is 15.6. The van der Waals surface area contributed by atoms with Crippen molar-refractivity contribution < 1.29 is 14.4 Å². The summed E-state index contributed by atoms with van der Waals surface area (Å²) in [4.78, 5) is 39.8. The van der Waals surface area contributed by atoms with Crippen molar-refractivity contribution in [3.63, 3.8) is 0 Å². The maximum atomic E-state index is 12.4. The fourth-order valence-electron chi connectivity index (χ4n) is 2.30. The summed E-state index contributed by atoms with van der Waals surface area (Å²) in [6.07, 6.45) is 1.93. The van der Waals surface area contributed by atoms with Crippen LogP contribution in [-0.4, -0.2) is 35.5 Å². The van der Waals surface area contributed by atoms with Crippen LogP contribution in [0.25, 0.3) is 0 Å². The summed E-state index contributed by atoms with van der Waals surface area (Å²) in [5, 5.41) is 2.61. The summed E-state index contributed by atoms with van der Waals surface area (Å²) < 4.78 is 0. The summed E-state index contributed by atoms with van der Waals surface area (Å²) in [5.74, 6) is -1.50. The first-order chi connectivity index (χ1) is 11.5. The number of aliphatic imine (C=N–C) groups is 1. The first-order valence-electron chi connectivity index (χ1n) is 7.93. The molecular weight excluding hydrogens is 308 g/mol. The molecule has 0 aromatic heterocycles. The first-order valence-corrected chi connectivity index (χ1v) is 7.93. The van der Waals surface area contributed by atoms with Crippen molar-refractivity contribution in [1.29, 1.82) is 0 Å². The van der Waals surface area contributed by atoms with Gasteiger partial charge in [0.2, 0.25) is 5.91 Å². The molecule has 0 aliphatic heterocycles. The number of hydrogen-bond donors (Lipinski definition) is 3. The molecular formula is C17H22N4O3. The molecule has 0 spiro atoms. The average Bonchev–Trinajstić information content (AvgIpc) is 3.33. The number of carbonyl (C=O) groups is 3. The predicted octanol–water partition coefficient (Wildman–Crippen LogP) is 0.0697. The smallest absolute Gasteiger partial charge is 0.266 e. The molecule has 1 aliphatic carbocycles. The van der Waals surface area contributed by atoms with Crippen LogP contribution in [0.2, 0.25) is 0 Å². The highest BCUT2D eigenvalue weighted by atomic mass is 16.2. The number of rotatable bonds is 8. The van der Waals surface area contributed by atoms with Crippen LogP contribution in [0.15, 0.2) is 35.3 Å². The van der Waals surface area contributed by atoms with Gasteiger partial charge >= 0.3 is 0 Å². The molecule has 5 N–H and O–H groups in total. The van der Waals surface area contributed by atoms with E-state index in [0.29, 0.717) is 25.8 Å². The van der Waals surface area contributed by atoms with E-state index in [-0.39, 0.29) is 18.6 Å². The number of amides is 3. The lowest BCUT2D eigenvalue weighted by Crippen LogP contribution is -2.49. The third kappa shape index (κ3) is 4.73. The Morgan fingerprint density at radius 2 is 1.83 bits per heavy atom. The van der Waals surface area contributed by atoms with Crippen molar-refractivity contribution in [2.75, 3.05) is 6.54 Å². The lowest BCUT2D eigenvalue weighted by molar-refractivity contribution is -0.125. The van der Waals surface area contributed by atoms with Gasteiger partial charge in [0, 0.05) is 0 Å². The van der Waals surface area contributed by atoms with Gasteiger partial charge in [0.25, 0.3) is 11.8 Å². The topological polar surface area (TPSA) is 128 Å². The second-order valence-electron chi connectivity index (χ2n) is 5.91. The number of hydrogen-bond acceptors (Lipinski definition) is 4.